The van der Waals surface area contributed by atoms with Gasteiger partial charge >= 0.3 is 0 Å². The monoisotopic (exact) mass is 411 g/mol. The lowest BCUT2D eigenvalue weighted by Gasteiger charge is -2.26. The lowest BCUT2D eigenvalue weighted by molar-refractivity contribution is -0.117. The number of amides is 1. The number of ether oxygens (including phenoxy) is 2. The van der Waals surface area contributed by atoms with E-state index in [1.165, 1.54) is 7.11 Å². The molecule has 2 heterocycles. The first-order valence-corrected chi connectivity index (χ1v) is 10.00. The van der Waals surface area contributed by atoms with Crippen LogP contribution in [0.25, 0.3) is 11.0 Å². The molecule has 1 atom stereocenters. The summed E-state index contributed by atoms with van der Waals surface area (Å²) in [7, 11) is 1.53. The molecule has 1 unspecified atom stereocenters. The molecule has 0 spiro atoms. The quantitative estimate of drug-likeness (QED) is 0.480. The number of imidazole rings is 1. The summed E-state index contributed by atoms with van der Waals surface area (Å²) in [6.07, 6.45) is 1.65. The predicted octanol–water partition coefficient (Wildman–Crippen LogP) is 5.36. The zero-order chi connectivity index (χ0) is 21.4. The second-order valence-corrected chi connectivity index (χ2v) is 7.38. The van der Waals surface area contributed by atoms with Gasteiger partial charge in [0.05, 0.1) is 30.5 Å². The summed E-state index contributed by atoms with van der Waals surface area (Å²) in [6.45, 7) is 1.94. The smallest absolute Gasteiger partial charge is 0.294 e. The molecule has 0 aliphatic carbocycles. The van der Waals surface area contributed by atoms with E-state index in [1.807, 2.05) is 79.7 Å². The molecule has 4 aromatic rings. The van der Waals surface area contributed by atoms with Gasteiger partial charge in [-0.1, -0.05) is 30.3 Å². The van der Waals surface area contributed by atoms with Crippen LogP contribution in [-0.4, -0.2) is 23.0 Å². The number of aromatic amines is 1. The first-order valence-electron chi connectivity index (χ1n) is 10.00. The zero-order valence-corrected chi connectivity index (χ0v) is 17.2. The maximum absolute atomic E-state index is 13.2. The Morgan fingerprint density at radius 1 is 0.968 bits per heavy atom. The van der Waals surface area contributed by atoms with Crippen LogP contribution in [0, 0.1) is 0 Å². The number of fused-ring (bicyclic) bond motifs is 1. The summed E-state index contributed by atoms with van der Waals surface area (Å²) in [5.74, 6) is 1.73. The molecule has 1 N–H and O–H groups in total. The van der Waals surface area contributed by atoms with Gasteiger partial charge in [0.25, 0.3) is 5.91 Å². The van der Waals surface area contributed by atoms with Gasteiger partial charge in [0.2, 0.25) is 0 Å². The van der Waals surface area contributed by atoms with E-state index in [4.69, 9.17) is 9.47 Å². The Labute approximate surface area is 179 Å². The first kappa shape index (κ1) is 18.9. The third-order valence-corrected chi connectivity index (χ3v) is 5.50. The molecular weight excluding hydrogens is 390 g/mol. The molecular formula is C25H21N3O3. The third kappa shape index (κ3) is 3.32. The highest BCUT2D eigenvalue weighted by Crippen LogP contribution is 2.42. The lowest BCUT2D eigenvalue weighted by Crippen LogP contribution is -2.30. The molecule has 0 bridgehead atoms. The Balaban J connectivity index is 1.51. The molecule has 154 valence electrons. The van der Waals surface area contributed by atoms with Gasteiger partial charge in [0.15, 0.2) is 5.76 Å². The van der Waals surface area contributed by atoms with Crippen molar-refractivity contribution in [3.05, 3.63) is 96.0 Å². The zero-order valence-electron chi connectivity index (χ0n) is 17.2. The van der Waals surface area contributed by atoms with Gasteiger partial charge in [-0.05, 0) is 55.0 Å². The van der Waals surface area contributed by atoms with Crippen molar-refractivity contribution in [2.45, 2.75) is 13.0 Å². The van der Waals surface area contributed by atoms with Crippen molar-refractivity contribution in [2.24, 2.45) is 0 Å². The van der Waals surface area contributed by atoms with Crippen molar-refractivity contribution in [2.75, 3.05) is 12.0 Å². The Morgan fingerprint density at radius 3 is 2.45 bits per heavy atom. The van der Waals surface area contributed by atoms with Gasteiger partial charge in [0.1, 0.15) is 11.5 Å². The van der Waals surface area contributed by atoms with Crippen LogP contribution in [0.2, 0.25) is 0 Å². The maximum atomic E-state index is 13.2. The summed E-state index contributed by atoms with van der Waals surface area (Å²) in [6, 6.07) is 22.9. The summed E-state index contributed by atoms with van der Waals surface area (Å²) in [5, 5.41) is 0. The van der Waals surface area contributed by atoms with Gasteiger partial charge in [-0.15, -0.1) is 0 Å². The summed E-state index contributed by atoms with van der Waals surface area (Å²) >= 11 is 0. The number of carbonyl (C=O) groups excluding carboxylic acids is 1. The number of hydrogen-bond acceptors (Lipinski definition) is 4. The fraction of sp³-hybridized carbons (Fsp3) is 0.120. The molecule has 1 amide bonds. The van der Waals surface area contributed by atoms with Crippen molar-refractivity contribution in [1.29, 1.82) is 0 Å². The van der Waals surface area contributed by atoms with Crippen LogP contribution >= 0.6 is 0 Å². The van der Waals surface area contributed by atoms with E-state index in [0.717, 1.165) is 39.4 Å². The summed E-state index contributed by atoms with van der Waals surface area (Å²) < 4.78 is 11.4. The summed E-state index contributed by atoms with van der Waals surface area (Å²) in [5.41, 5.74) is 4.35. The molecule has 31 heavy (non-hydrogen) atoms. The average molecular weight is 411 g/mol. The minimum absolute atomic E-state index is 0.159. The molecule has 6 nitrogen and oxygen atoms in total. The van der Waals surface area contributed by atoms with Crippen molar-refractivity contribution in [3.8, 4) is 11.5 Å². The first-order chi connectivity index (χ1) is 15.2. The highest BCUT2D eigenvalue weighted by atomic mass is 16.5. The van der Waals surface area contributed by atoms with Crippen LogP contribution in [0.4, 0.5) is 5.69 Å². The standard InChI is InChI=1S/C25H21N3O3/c1-16-23(17-8-11-20(12-9-17)31-19-6-4-3-5-7-19)28(25(29)24(16)30-2)18-10-13-21-22(14-18)27-15-26-21/h3-15,23H,1-2H3,(H,26,27). The third-order valence-electron chi connectivity index (χ3n) is 5.50. The number of benzene rings is 3. The molecule has 0 radical (unpaired) electrons. The van der Waals surface area contributed by atoms with E-state index in [0.29, 0.717) is 5.76 Å². The number of H-pyrrole nitrogens is 1. The topological polar surface area (TPSA) is 67.5 Å². The van der Waals surface area contributed by atoms with Gasteiger partial charge in [-0.3, -0.25) is 9.69 Å². The van der Waals surface area contributed by atoms with Crippen LogP contribution in [0.1, 0.15) is 18.5 Å². The van der Waals surface area contributed by atoms with E-state index >= 15 is 0 Å². The molecule has 0 saturated heterocycles. The van der Waals surface area contributed by atoms with E-state index in [1.54, 1.807) is 11.2 Å². The lowest BCUT2D eigenvalue weighted by atomic mass is 10.00. The van der Waals surface area contributed by atoms with E-state index < -0.39 is 0 Å². The Morgan fingerprint density at radius 2 is 1.71 bits per heavy atom. The van der Waals surface area contributed by atoms with Gasteiger partial charge in [-0.25, -0.2) is 4.98 Å². The normalized spacial score (nSPS) is 16.3. The van der Waals surface area contributed by atoms with Crippen LogP contribution in [0.3, 0.4) is 0 Å². The molecule has 0 saturated carbocycles. The number of aromatic nitrogens is 2. The number of rotatable bonds is 5. The van der Waals surface area contributed by atoms with Crippen LogP contribution in [0.5, 0.6) is 11.5 Å². The fourth-order valence-corrected chi connectivity index (χ4v) is 4.04. The molecule has 6 heteroatoms. The van der Waals surface area contributed by atoms with Gasteiger partial charge < -0.3 is 14.5 Å². The van der Waals surface area contributed by atoms with Crippen LogP contribution < -0.4 is 9.64 Å². The van der Waals surface area contributed by atoms with E-state index in [2.05, 4.69) is 9.97 Å². The van der Waals surface area contributed by atoms with Crippen molar-refractivity contribution < 1.29 is 14.3 Å². The molecule has 3 aromatic carbocycles. The van der Waals surface area contributed by atoms with E-state index in [9.17, 15) is 4.79 Å². The number of nitrogens with one attached hydrogen (secondary N) is 1. The number of hydrogen-bond donors (Lipinski definition) is 1. The molecule has 5 rings (SSSR count). The molecule has 1 aliphatic rings. The molecule has 1 aliphatic heterocycles. The molecule has 0 fully saturated rings. The minimum atomic E-state index is -0.270. The fourth-order valence-electron chi connectivity index (χ4n) is 4.04. The van der Waals surface area contributed by atoms with E-state index in [-0.39, 0.29) is 11.9 Å². The Kier molecular flexibility index (Phi) is 4.67. The number of anilines is 1. The van der Waals surface area contributed by atoms with Crippen molar-refractivity contribution in [1.82, 2.24) is 9.97 Å². The minimum Gasteiger partial charge on any atom is -0.491 e. The Bertz CT molecular complexity index is 1280. The van der Waals surface area contributed by atoms with Gasteiger partial charge in [-0.2, -0.15) is 0 Å². The SMILES string of the molecule is COC1=C(C)C(c2ccc(Oc3ccccc3)cc2)N(c2ccc3nc[nH]c3c2)C1=O. The van der Waals surface area contributed by atoms with Crippen LogP contribution in [-0.2, 0) is 9.53 Å². The van der Waals surface area contributed by atoms with Gasteiger partial charge in [0, 0.05) is 11.3 Å². The van der Waals surface area contributed by atoms with Crippen molar-refractivity contribution in [3.63, 3.8) is 0 Å². The second kappa shape index (κ2) is 7.65. The van der Waals surface area contributed by atoms with Crippen LogP contribution in [0.15, 0.2) is 90.5 Å². The number of methoxy groups -OCH3 is 1. The highest BCUT2D eigenvalue weighted by molar-refractivity contribution is 6.09. The average Bonchev–Trinajstić information content (AvgIpc) is 3.36. The molecule has 1 aromatic heterocycles. The number of carbonyl (C=O) groups is 1. The largest absolute Gasteiger partial charge is 0.491 e. The number of para-hydroxylation sites is 1. The number of nitrogens with zero attached hydrogens (tertiary/aromatic N) is 2. The maximum Gasteiger partial charge on any atom is 0.294 e. The summed E-state index contributed by atoms with van der Waals surface area (Å²) in [4.78, 5) is 22.3. The highest BCUT2D eigenvalue weighted by Gasteiger charge is 2.40. The van der Waals surface area contributed by atoms with Crippen molar-refractivity contribution >= 4 is 22.6 Å². The second-order valence-electron chi connectivity index (χ2n) is 7.38. The predicted molar refractivity (Wildman–Crippen MR) is 119 cm³/mol. The Hall–Kier alpha value is -4.06.